The molecular formula is C16H18NaO3P. The van der Waals surface area contributed by atoms with Crippen LogP contribution in [0.15, 0.2) is 42.5 Å². The molecule has 0 aliphatic carbocycles. The third kappa shape index (κ3) is 5.54. The van der Waals surface area contributed by atoms with Crippen LogP contribution in [0.1, 0.15) is 27.0 Å². The summed E-state index contributed by atoms with van der Waals surface area (Å²) in [5.41, 5.74) is 4.57. The molecule has 0 bridgehead atoms. The van der Waals surface area contributed by atoms with Gasteiger partial charge in [-0.15, -0.1) is 0 Å². The Balaban J connectivity index is 0.000000219. The fourth-order valence-electron chi connectivity index (χ4n) is 1.92. The van der Waals surface area contributed by atoms with Crippen LogP contribution >= 0.6 is 8.03 Å². The fourth-order valence-corrected chi connectivity index (χ4v) is 2.94. The Morgan fingerprint density at radius 1 is 1.00 bits per heavy atom. The van der Waals surface area contributed by atoms with Crippen LogP contribution in [-0.2, 0) is 4.57 Å². The predicted octanol–water partition coefficient (Wildman–Crippen LogP) is 2.70. The minimum Gasteiger partial charge on any atom is -0.343 e. The summed E-state index contributed by atoms with van der Waals surface area (Å²) in [7, 11) is -2.46. The van der Waals surface area contributed by atoms with Crippen LogP contribution in [0.5, 0.6) is 0 Å². The Bertz CT molecular complexity index is 654. The van der Waals surface area contributed by atoms with Gasteiger partial charge in [-0.05, 0) is 12.1 Å². The SMILES string of the molecule is Cc1ccc([C](=O)[Na])c(C)c1C.O=[PH](O)c1ccccc1. The van der Waals surface area contributed by atoms with Crippen molar-refractivity contribution >= 4 is 44.3 Å². The van der Waals surface area contributed by atoms with E-state index in [0.29, 0.717) is 33.2 Å². The first-order valence-electron chi connectivity index (χ1n) is 6.70. The summed E-state index contributed by atoms with van der Waals surface area (Å²) in [5.74, 6) is 0. The molecule has 106 valence electrons. The Kier molecular flexibility index (Phi) is 7.58. The molecule has 0 amide bonds. The van der Waals surface area contributed by atoms with Crippen molar-refractivity contribution < 1.29 is 14.3 Å². The standard InChI is InChI=1S/C10H11O.C6H7O2P.Na/c1-7-4-5-10(6-11)9(3)8(7)2;7-9(8)6-4-2-1-3-5-6;/h4-5H,1-3H3;1-5,9H,(H,7,8);. The van der Waals surface area contributed by atoms with Crippen LogP contribution in [0.4, 0.5) is 0 Å². The number of hydrogen-bond donors (Lipinski definition) is 1. The van der Waals surface area contributed by atoms with Crippen molar-refractivity contribution in [2.24, 2.45) is 0 Å². The van der Waals surface area contributed by atoms with E-state index in [9.17, 15) is 9.36 Å². The number of rotatable bonds is 2. The van der Waals surface area contributed by atoms with E-state index < -0.39 is 8.03 Å². The summed E-state index contributed by atoms with van der Waals surface area (Å²) in [6.07, 6.45) is 0. The van der Waals surface area contributed by atoms with Crippen molar-refractivity contribution in [3.8, 4) is 0 Å². The van der Waals surface area contributed by atoms with E-state index in [4.69, 9.17) is 4.89 Å². The average molecular weight is 312 g/mol. The van der Waals surface area contributed by atoms with E-state index >= 15 is 0 Å². The quantitative estimate of drug-likeness (QED) is 0.685. The Morgan fingerprint density at radius 2 is 1.57 bits per heavy atom. The van der Waals surface area contributed by atoms with Gasteiger partial charge in [0.1, 0.15) is 0 Å². The van der Waals surface area contributed by atoms with Crippen molar-refractivity contribution in [2.45, 2.75) is 20.8 Å². The summed E-state index contributed by atoms with van der Waals surface area (Å²) in [6, 6.07) is 12.5. The number of carbonyl (C=O) groups excluding carboxylic acids is 1. The molecule has 1 atom stereocenters. The largest absolute Gasteiger partial charge is 0.343 e. The van der Waals surface area contributed by atoms with Gasteiger partial charge >= 0.3 is 90.9 Å². The van der Waals surface area contributed by atoms with E-state index in [1.807, 2.05) is 25.1 Å². The molecule has 2 aromatic rings. The molecule has 0 heterocycles. The molecule has 21 heavy (non-hydrogen) atoms. The van der Waals surface area contributed by atoms with E-state index in [1.54, 1.807) is 24.3 Å². The van der Waals surface area contributed by atoms with E-state index in [-0.39, 0.29) is 3.03 Å². The van der Waals surface area contributed by atoms with Crippen molar-refractivity contribution in [1.82, 2.24) is 0 Å². The molecule has 0 spiro atoms. The zero-order chi connectivity index (χ0) is 16.0. The van der Waals surface area contributed by atoms with Crippen LogP contribution in [0.2, 0.25) is 0 Å². The predicted molar refractivity (Wildman–Crippen MR) is 88.0 cm³/mol. The number of hydrogen-bond acceptors (Lipinski definition) is 2. The van der Waals surface area contributed by atoms with Gasteiger partial charge in [0.15, 0.2) is 0 Å². The summed E-state index contributed by atoms with van der Waals surface area (Å²) in [5, 5.41) is 0.516. The molecule has 1 unspecified atom stereocenters. The Labute approximate surface area is 143 Å². The zero-order valence-corrected chi connectivity index (χ0v) is 15.8. The van der Waals surface area contributed by atoms with Crippen LogP contribution in [-0.4, -0.2) is 35.9 Å². The summed E-state index contributed by atoms with van der Waals surface area (Å²) in [4.78, 5) is 19.8. The minimum atomic E-state index is -2.46. The maximum absolute atomic E-state index is 11.2. The van der Waals surface area contributed by atoms with Crippen LogP contribution in [0, 0.1) is 20.8 Å². The molecule has 2 aromatic carbocycles. The summed E-state index contributed by atoms with van der Waals surface area (Å²) >= 11 is 0.612. The van der Waals surface area contributed by atoms with Gasteiger partial charge in [0.05, 0.1) is 0 Å². The molecule has 1 N–H and O–H groups in total. The van der Waals surface area contributed by atoms with E-state index in [2.05, 4.69) is 13.8 Å². The Hall–Kier alpha value is -0.700. The first-order valence-corrected chi connectivity index (χ1v) is 9.06. The van der Waals surface area contributed by atoms with Crippen molar-refractivity contribution in [3.05, 3.63) is 64.7 Å². The minimum absolute atomic E-state index is 0.288. The number of benzene rings is 2. The van der Waals surface area contributed by atoms with Gasteiger partial charge < -0.3 is 4.89 Å². The number of aryl methyl sites for hydroxylation is 1. The molecule has 0 aliphatic rings. The van der Waals surface area contributed by atoms with Gasteiger partial charge in [0.25, 0.3) is 0 Å². The van der Waals surface area contributed by atoms with E-state index in [1.165, 1.54) is 11.1 Å². The van der Waals surface area contributed by atoms with Crippen molar-refractivity contribution in [1.29, 1.82) is 0 Å². The zero-order valence-electron chi connectivity index (χ0n) is 12.8. The van der Waals surface area contributed by atoms with Crippen LogP contribution in [0.25, 0.3) is 0 Å². The molecule has 3 nitrogen and oxygen atoms in total. The maximum atomic E-state index is 11.2. The van der Waals surface area contributed by atoms with Crippen LogP contribution in [0.3, 0.4) is 0 Å². The van der Waals surface area contributed by atoms with Gasteiger partial charge in [-0.25, -0.2) is 0 Å². The van der Waals surface area contributed by atoms with Gasteiger partial charge in [-0.3, -0.25) is 4.57 Å². The van der Waals surface area contributed by atoms with Crippen molar-refractivity contribution in [3.63, 3.8) is 0 Å². The van der Waals surface area contributed by atoms with Gasteiger partial charge in [0.2, 0.25) is 8.03 Å². The summed E-state index contributed by atoms with van der Waals surface area (Å²) < 4.78 is 10.7. The van der Waals surface area contributed by atoms with E-state index in [0.717, 1.165) is 11.1 Å². The van der Waals surface area contributed by atoms with Gasteiger partial charge in [0, 0.05) is 5.30 Å². The first kappa shape index (κ1) is 18.3. The number of carbonyl (C=O) groups is 1. The second-order valence-corrected chi connectivity index (χ2v) is 7.00. The normalized spacial score (nSPS) is 11.3. The van der Waals surface area contributed by atoms with Gasteiger partial charge in [-0.1, -0.05) is 18.2 Å². The fraction of sp³-hybridized carbons (Fsp3) is 0.188. The summed E-state index contributed by atoms with van der Waals surface area (Å²) in [6.45, 7) is 6.16. The molecule has 0 aliphatic heterocycles. The average Bonchev–Trinajstić information content (AvgIpc) is 2.46. The van der Waals surface area contributed by atoms with Gasteiger partial charge in [-0.2, -0.15) is 0 Å². The molecular weight excluding hydrogens is 294 g/mol. The van der Waals surface area contributed by atoms with Crippen molar-refractivity contribution in [2.75, 3.05) is 0 Å². The third-order valence-electron chi connectivity index (χ3n) is 3.46. The molecule has 0 fully saturated rings. The molecule has 0 aromatic heterocycles. The third-order valence-corrected chi connectivity index (χ3v) is 4.82. The smallest absolute Gasteiger partial charge is 0.218 e. The molecule has 0 saturated carbocycles. The molecule has 5 heteroatoms. The maximum Gasteiger partial charge on any atom is 0.218 e. The topological polar surface area (TPSA) is 54.4 Å². The second-order valence-electron chi connectivity index (χ2n) is 4.91. The molecule has 2 rings (SSSR count). The monoisotopic (exact) mass is 312 g/mol. The molecule has 0 radical (unpaired) electrons. The Morgan fingerprint density at radius 3 is 2.00 bits per heavy atom. The molecule has 0 saturated heterocycles. The first-order chi connectivity index (χ1) is 9.84. The van der Waals surface area contributed by atoms with Crippen LogP contribution < -0.4 is 5.30 Å². The second kappa shape index (κ2) is 8.67.